The number of benzene rings is 1. The number of furan rings is 1. The van der Waals surface area contributed by atoms with Crippen molar-refractivity contribution in [3.63, 3.8) is 0 Å². The Bertz CT molecular complexity index is 1200. The Labute approximate surface area is 206 Å². The number of thioether (sulfide) groups is 1. The first kappa shape index (κ1) is 23.8. The van der Waals surface area contributed by atoms with Crippen LogP contribution < -0.4 is 9.47 Å². The number of carbonyl (C=O) groups excluding carboxylic acids is 1. The van der Waals surface area contributed by atoms with Crippen molar-refractivity contribution in [1.29, 1.82) is 0 Å². The molecule has 3 heterocycles. The van der Waals surface area contributed by atoms with Crippen LogP contribution in [0.25, 0.3) is 6.08 Å². The second-order valence-electron chi connectivity index (χ2n) is 7.84. The van der Waals surface area contributed by atoms with E-state index in [2.05, 4.69) is 24.1 Å². The van der Waals surface area contributed by atoms with Crippen molar-refractivity contribution in [3.05, 3.63) is 75.2 Å². The molecule has 0 radical (unpaired) electrons. The van der Waals surface area contributed by atoms with Crippen LogP contribution in [-0.4, -0.2) is 35.9 Å². The smallest absolute Gasteiger partial charge is 0.267 e. The molecule has 1 saturated heterocycles. The van der Waals surface area contributed by atoms with E-state index in [0.29, 0.717) is 39.9 Å². The van der Waals surface area contributed by atoms with E-state index in [1.54, 1.807) is 41.9 Å². The van der Waals surface area contributed by atoms with E-state index >= 15 is 0 Å². The third-order valence-electron chi connectivity index (χ3n) is 4.71. The van der Waals surface area contributed by atoms with Gasteiger partial charge in [0.1, 0.15) is 5.76 Å². The molecule has 0 bridgehead atoms. The Kier molecular flexibility index (Phi) is 7.87. The first-order chi connectivity index (χ1) is 16.5. The maximum atomic E-state index is 13.1. The van der Waals surface area contributed by atoms with Gasteiger partial charge in [-0.2, -0.15) is 5.10 Å². The van der Waals surface area contributed by atoms with Gasteiger partial charge in [-0.3, -0.25) is 9.69 Å². The highest BCUT2D eigenvalue weighted by atomic mass is 32.2. The molecule has 1 amide bonds. The molecular formula is C25H25N3O4S2. The van der Waals surface area contributed by atoms with Crippen molar-refractivity contribution in [2.24, 2.45) is 16.1 Å². The van der Waals surface area contributed by atoms with Crippen LogP contribution in [0.5, 0.6) is 11.5 Å². The fourth-order valence-electron chi connectivity index (χ4n) is 3.07. The maximum absolute atomic E-state index is 13.1. The molecule has 9 heteroatoms. The number of amides is 1. The van der Waals surface area contributed by atoms with Gasteiger partial charge in [0.15, 0.2) is 16.7 Å². The average Bonchev–Trinajstić information content (AvgIpc) is 3.58. The minimum Gasteiger partial charge on any atom is -0.493 e. The van der Waals surface area contributed by atoms with Crippen LogP contribution in [0.1, 0.15) is 30.0 Å². The number of hydrogen-bond donors (Lipinski definition) is 0. The molecule has 0 saturated carbocycles. The number of carbonyl (C=O) groups is 1. The summed E-state index contributed by atoms with van der Waals surface area (Å²) in [6.07, 6.45) is 5.08. The molecule has 1 aliphatic heterocycles. The molecule has 0 unspecified atom stereocenters. The number of amidine groups is 1. The van der Waals surface area contributed by atoms with Gasteiger partial charge in [-0.25, -0.2) is 0 Å². The van der Waals surface area contributed by atoms with Gasteiger partial charge in [-0.15, -0.1) is 16.4 Å². The van der Waals surface area contributed by atoms with Gasteiger partial charge in [0.25, 0.3) is 5.91 Å². The summed E-state index contributed by atoms with van der Waals surface area (Å²) in [5, 5.41) is 11.1. The van der Waals surface area contributed by atoms with E-state index in [1.165, 1.54) is 11.8 Å². The lowest BCUT2D eigenvalue weighted by atomic mass is 10.2. The quantitative estimate of drug-likeness (QED) is 0.210. The summed E-state index contributed by atoms with van der Waals surface area (Å²) < 4.78 is 16.7. The predicted octanol–water partition coefficient (Wildman–Crippen LogP) is 5.89. The minimum absolute atomic E-state index is 0.128. The summed E-state index contributed by atoms with van der Waals surface area (Å²) in [6, 6.07) is 13.1. The molecule has 1 fully saturated rings. The van der Waals surface area contributed by atoms with Crippen molar-refractivity contribution in [2.75, 3.05) is 13.7 Å². The standard InChI is InChI=1S/C25H25N3O4S2/c1-17(2)16-32-21-9-8-18(12-22(21)30-3)14-26-27-25-28(15-19-6-4-10-31-19)24(29)23(34-25)13-20-7-5-11-33-20/h4-14,17H,15-16H2,1-3H3/b23-13-,26-14+,27-25-. The van der Waals surface area contributed by atoms with E-state index in [9.17, 15) is 4.79 Å². The monoisotopic (exact) mass is 495 g/mol. The Morgan fingerprint density at radius 2 is 2.06 bits per heavy atom. The molecule has 0 atom stereocenters. The molecule has 0 aliphatic carbocycles. The van der Waals surface area contributed by atoms with Crippen molar-refractivity contribution in [1.82, 2.24) is 4.90 Å². The normalized spacial score (nSPS) is 16.5. The lowest BCUT2D eigenvalue weighted by Gasteiger charge is -2.13. The fourth-order valence-corrected chi connectivity index (χ4v) is 4.73. The van der Waals surface area contributed by atoms with E-state index < -0.39 is 0 Å². The molecule has 0 N–H and O–H groups in total. The van der Waals surface area contributed by atoms with Gasteiger partial charge >= 0.3 is 0 Å². The van der Waals surface area contributed by atoms with Gasteiger partial charge < -0.3 is 13.9 Å². The summed E-state index contributed by atoms with van der Waals surface area (Å²) in [7, 11) is 1.60. The molecule has 3 aromatic rings. The van der Waals surface area contributed by atoms with E-state index in [-0.39, 0.29) is 12.5 Å². The van der Waals surface area contributed by atoms with Crippen LogP contribution >= 0.6 is 23.1 Å². The zero-order valence-electron chi connectivity index (χ0n) is 19.1. The highest BCUT2D eigenvalue weighted by Gasteiger charge is 2.34. The molecule has 1 aromatic carbocycles. The van der Waals surface area contributed by atoms with Gasteiger partial charge in [-0.1, -0.05) is 19.9 Å². The highest BCUT2D eigenvalue weighted by Crippen LogP contribution is 2.34. The first-order valence-electron chi connectivity index (χ1n) is 10.7. The third-order valence-corrected chi connectivity index (χ3v) is 6.52. The summed E-state index contributed by atoms with van der Waals surface area (Å²) in [5.74, 6) is 2.27. The fraction of sp³-hybridized carbons (Fsp3) is 0.240. The van der Waals surface area contributed by atoms with Crippen LogP contribution in [0.3, 0.4) is 0 Å². The maximum Gasteiger partial charge on any atom is 0.267 e. The van der Waals surface area contributed by atoms with Crippen molar-refractivity contribution >= 4 is 46.5 Å². The Hall–Kier alpha value is -3.30. The van der Waals surface area contributed by atoms with Crippen LogP contribution in [0.2, 0.25) is 0 Å². The molecule has 0 spiro atoms. The highest BCUT2D eigenvalue weighted by molar-refractivity contribution is 8.18. The van der Waals surface area contributed by atoms with Crippen LogP contribution in [0.4, 0.5) is 0 Å². The van der Waals surface area contributed by atoms with Crippen molar-refractivity contribution in [3.8, 4) is 11.5 Å². The largest absolute Gasteiger partial charge is 0.493 e. The number of ether oxygens (including phenoxy) is 2. The molecular weight excluding hydrogens is 470 g/mol. The Morgan fingerprint density at radius 3 is 2.76 bits per heavy atom. The van der Waals surface area contributed by atoms with Gasteiger partial charge in [0.2, 0.25) is 0 Å². The molecule has 7 nitrogen and oxygen atoms in total. The zero-order chi connectivity index (χ0) is 23.9. The molecule has 34 heavy (non-hydrogen) atoms. The number of methoxy groups -OCH3 is 1. The topological polar surface area (TPSA) is 76.6 Å². The second-order valence-corrected chi connectivity index (χ2v) is 9.83. The summed E-state index contributed by atoms with van der Waals surface area (Å²) >= 11 is 2.87. The lowest BCUT2D eigenvalue weighted by Crippen LogP contribution is -2.28. The third kappa shape index (κ3) is 5.98. The van der Waals surface area contributed by atoms with Crippen LogP contribution in [0, 0.1) is 5.92 Å². The number of nitrogens with zero attached hydrogens (tertiary/aromatic N) is 3. The summed E-state index contributed by atoms with van der Waals surface area (Å²) in [6.45, 7) is 5.07. The van der Waals surface area contributed by atoms with Gasteiger partial charge in [0, 0.05) is 4.88 Å². The van der Waals surface area contributed by atoms with Crippen molar-refractivity contribution in [2.45, 2.75) is 20.4 Å². The number of hydrogen-bond acceptors (Lipinski definition) is 8. The number of rotatable bonds is 9. The number of thiophene rings is 1. The summed E-state index contributed by atoms with van der Waals surface area (Å²) in [5.41, 5.74) is 0.805. The van der Waals surface area contributed by atoms with E-state index in [1.807, 2.05) is 47.9 Å². The predicted molar refractivity (Wildman–Crippen MR) is 138 cm³/mol. The van der Waals surface area contributed by atoms with E-state index in [4.69, 9.17) is 13.9 Å². The van der Waals surface area contributed by atoms with Crippen LogP contribution in [-0.2, 0) is 11.3 Å². The molecule has 2 aromatic heterocycles. The summed E-state index contributed by atoms with van der Waals surface area (Å²) in [4.78, 5) is 16.2. The minimum atomic E-state index is -0.128. The Balaban J connectivity index is 1.55. The van der Waals surface area contributed by atoms with Gasteiger partial charge in [0.05, 0.1) is 37.6 Å². The van der Waals surface area contributed by atoms with Crippen molar-refractivity contribution < 1.29 is 18.7 Å². The van der Waals surface area contributed by atoms with Gasteiger partial charge in [-0.05, 0) is 71.1 Å². The lowest BCUT2D eigenvalue weighted by molar-refractivity contribution is -0.122. The molecule has 176 valence electrons. The first-order valence-corrected chi connectivity index (χ1v) is 12.4. The van der Waals surface area contributed by atoms with Crippen LogP contribution in [0.15, 0.2) is 73.6 Å². The zero-order valence-corrected chi connectivity index (χ0v) is 20.8. The Morgan fingerprint density at radius 1 is 1.18 bits per heavy atom. The average molecular weight is 496 g/mol. The second kappa shape index (κ2) is 11.2. The van der Waals surface area contributed by atoms with E-state index in [0.717, 1.165) is 10.4 Å². The SMILES string of the molecule is COc1cc(/C=N/N=C2\S/C(=C\c3cccs3)C(=O)N2Cc2ccco2)ccc1OCC(C)C. The molecule has 4 rings (SSSR count). The molecule has 1 aliphatic rings.